The molecule has 0 spiro atoms. The minimum atomic E-state index is -6.61. The first-order valence-electron chi connectivity index (χ1n) is 12.6. The number of hydrogen-bond donors (Lipinski definition) is 0. The standard InChI is InChI=1S/C28H12BF16O4.K/c1-46-25-13(34)5(9(30)17(38)21(25)42)29(6-10(31)18(39)22(43)26(47-2)14(6)35,7-11(32)19(40)23(44)27(48-3)15(7)36)8-12(33)20(41)24(45)28(49-4)16(8)37;/h1-4H3;/q-1;+1. The van der Waals surface area contributed by atoms with Crippen molar-refractivity contribution in [1.29, 1.82) is 0 Å². The van der Waals surface area contributed by atoms with Crippen molar-refractivity contribution in [2.45, 2.75) is 0 Å². The van der Waals surface area contributed by atoms with Gasteiger partial charge in [0.2, 0.25) is 23.3 Å². The fourth-order valence-corrected chi connectivity index (χ4v) is 5.62. The normalized spacial score (nSPS) is 11.4. The Morgan fingerprint density at radius 2 is 0.420 bits per heavy atom. The molecule has 0 fully saturated rings. The van der Waals surface area contributed by atoms with Gasteiger partial charge in [0.25, 0.3) is 0 Å². The first-order chi connectivity index (χ1) is 22.9. The van der Waals surface area contributed by atoms with Crippen LogP contribution in [-0.4, -0.2) is 34.6 Å². The summed E-state index contributed by atoms with van der Waals surface area (Å²) in [6.45, 7) is 0. The van der Waals surface area contributed by atoms with Gasteiger partial charge in [-0.15, -0.1) is 21.9 Å². The van der Waals surface area contributed by atoms with Crippen molar-refractivity contribution in [3.63, 3.8) is 0 Å². The molecule has 4 rings (SSSR count). The Morgan fingerprint density at radius 1 is 0.260 bits per heavy atom. The van der Waals surface area contributed by atoms with Crippen LogP contribution in [0.1, 0.15) is 0 Å². The summed E-state index contributed by atoms with van der Waals surface area (Å²) in [4.78, 5) is 0. The summed E-state index contributed by atoms with van der Waals surface area (Å²) in [5, 5.41) is 0. The van der Waals surface area contributed by atoms with Crippen LogP contribution in [0.2, 0.25) is 0 Å². The average Bonchev–Trinajstić information content (AvgIpc) is 3.05. The molecule has 4 aromatic rings. The summed E-state index contributed by atoms with van der Waals surface area (Å²) < 4.78 is 266. The van der Waals surface area contributed by atoms with Crippen molar-refractivity contribution in [3.05, 3.63) is 93.1 Å². The van der Waals surface area contributed by atoms with E-state index in [1.54, 1.807) is 0 Å². The molecule has 0 aromatic heterocycles. The molecule has 4 nitrogen and oxygen atoms in total. The molecule has 0 bridgehead atoms. The van der Waals surface area contributed by atoms with Gasteiger partial charge < -0.3 is 18.9 Å². The molecule has 22 heteroatoms. The van der Waals surface area contributed by atoms with Crippen LogP contribution in [-0.2, 0) is 0 Å². The van der Waals surface area contributed by atoms with E-state index in [9.17, 15) is 17.6 Å². The second kappa shape index (κ2) is 14.7. The van der Waals surface area contributed by atoms with Gasteiger partial charge in [0.15, 0.2) is 46.3 Å². The molecule has 0 radical (unpaired) electrons. The fourth-order valence-electron chi connectivity index (χ4n) is 5.62. The van der Waals surface area contributed by atoms with Gasteiger partial charge >= 0.3 is 51.4 Å². The van der Waals surface area contributed by atoms with Crippen LogP contribution in [0, 0.1) is 93.1 Å². The molecule has 4 aromatic carbocycles. The summed E-state index contributed by atoms with van der Waals surface area (Å²) in [5.74, 6) is -57.2. The van der Waals surface area contributed by atoms with Gasteiger partial charge in [-0.2, -0.15) is 17.6 Å². The number of rotatable bonds is 8. The van der Waals surface area contributed by atoms with Crippen LogP contribution in [0.15, 0.2) is 0 Å². The van der Waals surface area contributed by atoms with Crippen LogP contribution in [0.4, 0.5) is 70.2 Å². The molecule has 0 amide bonds. The van der Waals surface area contributed by atoms with Gasteiger partial charge in [-0.3, -0.25) is 0 Å². The Hall–Kier alpha value is -3.34. The van der Waals surface area contributed by atoms with Gasteiger partial charge in [-0.05, 0) is 0 Å². The van der Waals surface area contributed by atoms with Crippen molar-refractivity contribution in [2.75, 3.05) is 28.4 Å². The van der Waals surface area contributed by atoms with E-state index in [0.29, 0.717) is 0 Å². The van der Waals surface area contributed by atoms with E-state index in [1.807, 2.05) is 0 Å². The maximum Gasteiger partial charge on any atom is 1.00 e. The zero-order chi connectivity index (χ0) is 37.2. The van der Waals surface area contributed by atoms with E-state index in [0.717, 1.165) is 0 Å². The third-order valence-electron chi connectivity index (χ3n) is 7.58. The van der Waals surface area contributed by atoms with Crippen molar-refractivity contribution >= 4 is 28.0 Å². The van der Waals surface area contributed by atoms with Crippen molar-refractivity contribution in [1.82, 2.24) is 0 Å². The van der Waals surface area contributed by atoms with E-state index in [2.05, 4.69) is 18.9 Å². The minimum absolute atomic E-state index is 0. The van der Waals surface area contributed by atoms with Crippen molar-refractivity contribution in [2.24, 2.45) is 0 Å². The molecular weight excluding hydrogens is 754 g/mol. The van der Waals surface area contributed by atoms with Crippen molar-refractivity contribution < 1.29 is 141 Å². The van der Waals surface area contributed by atoms with E-state index in [4.69, 9.17) is 0 Å². The third kappa shape index (κ3) is 5.48. The maximum atomic E-state index is 16.3. The minimum Gasteiger partial charge on any atom is -0.491 e. The Kier molecular flexibility index (Phi) is 12.1. The predicted octanol–water partition coefficient (Wildman–Crippen LogP) is 2.33. The zero-order valence-electron chi connectivity index (χ0n) is 25.3. The molecular formula is C28H12BF16KO4. The molecule has 0 saturated carbocycles. The monoisotopic (exact) mass is 766 g/mol. The number of hydrogen-bond acceptors (Lipinski definition) is 4. The Bertz CT molecular complexity index is 1770. The van der Waals surface area contributed by atoms with Crippen LogP contribution < -0.4 is 92.2 Å². The number of ether oxygens (including phenoxy) is 4. The van der Waals surface area contributed by atoms with E-state index in [1.165, 1.54) is 0 Å². The summed E-state index contributed by atoms with van der Waals surface area (Å²) in [5.41, 5.74) is -11.8. The first kappa shape index (κ1) is 41.1. The topological polar surface area (TPSA) is 36.9 Å². The smallest absolute Gasteiger partial charge is 0.491 e. The van der Waals surface area contributed by atoms with Gasteiger partial charge in [-0.25, -0.2) is 52.7 Å². The molecule has 50 heavy (non-hydrogen) atoms. The third-order valence-corrected chi connectivity index (χ3v) is 7.58. The molecule has 0 saturated heterocycles. The number of halogens is 16. The summed E-state index contributed by atoms with van der Waals surface area (Å²) in [7, 11) is 1.07. The average molecular weight is 766 g/mol. The molecule has 0 aliphatic rings. The zero-order valence-corrected chi connectivity index (χ0v) is 28.4. The Balaban J connectivity index is 0.00000676. The van der Waals surface area contributed by atoms with E-state index >= 15 is 52.7 Å². The molecule has 0 N–H and O–H groups in total. The van der Waals surface area contributed by atoms with E-state index < -0.39 is 144 Å². The Morgan fingerprint density at radius 3 is 0.560 bits per heavy atom. The summed E-state index contributed by atoms with van der Waals surface area (Å²) in [6.07, 6.45) is -6.61. The van der Waals surface area contributed by atoms with Crippen LogP contribution >= 0.6 is 0 Å². The van der Waals surface area contributed by atoms with Crippen LogP contribution in [0.25, 0.3) is 0 Å². The van der Waals surface area contributed by atoms with E-state index in [-0.39, 0.29) is 79.8 Å². The number of benzene rings is 4. The summed E-state index contributed by atoms with van der Waals surface area (Å²) >= 11 is 0. The molecule has 264 valence electrons. The fraction of sp³-hybridized carbons (Fsp3) is 0.143. The van der Waals surface area contributed by atoms with Gasteiger partial charge in [0.05, 0.1) is 28.4 Å². The van der Waals surface area contributed by atoms with Crippen LogP contribution in [0.5, 0.6) is 23.0 Å². The second-order valence-electron chi connectivity index (χ2n) is 9.68. The molecule has 0 aliphatic carbocycles. The second-order valence-corrected chi connectivity index (χ2v) is 9.68. The maximum absolute atomic E-state index is 16.3. The molecule has 0 heterocycles. The quantitative estimate of drug-likeness (QED) is 0.120. The number of methoxy groups -OCH3 is 4. The largest absolute Gasteiger partial charge is 1.00 e. The predicted molar refractivity (Wildman–Crippen MR) is 136 cm³/mol. The van der Waals surface area contributed by atoms with Gasteiger partial charge in [-0.1, -0.05) is 0 Å². The molecule has 0 unspecified atom stereocenters. The Labute approximate surface area is 311 Å². The van der Waals surface area contributed by atoms with Gasteiger partial charge in [0, 0.05) is 0 Å². The van der Waals surface area contributed by atoms with Gasteiger partial charge in [0.1, 0.15) is 52.7 Å². The van der Waals surface area contributed by atoms with Crippen LogP contribution in [0.3, 0.4) is 0 Å². The SMILES string of the molecule is COc1c(F)c(F)c(F)c([B-](c2c(F)c(F)c(F)c(OC)c2F)(c2c(F)c(F)c(F)c(OC)c2F)c2c(F)c(F)c(F)c(OC)c2F)c1F.[K+]. The molecule has 0 aliphatic heterocycles. The first-order valence-corrected chi connectivity index (χ1v) is 12.6. The van der Waals surface area contributed by atoms with Crippen molar-refractivity contribution in [3.8, 4) is 23.0 Å². The molecule has 0 atom stereocenters. The summed E-state index contributed by atoms with van der Waals surface area (Å²) in [6, 6.07) is 0.